The average Bonchev–Trinajstić information content (AvgIpc) is 2.88. The van der Waals surface area contributed by atoms with Gasteiger partial charge in [0.25, 0.3) is 0 Å². The normalized spacial score (nSPS) is 17.9. The van der Waals surface area contributed by atoms with E-state index in [0.29, 0.717) is 5.82 Å². The van der Waals surface area contributed by atoms with Crippen molar-refractivity contribution in [1.29, 1.82) is 0 Å². The van der Waals surface area contributed by atoms with Gasteiger partial charge >= 0.3 is 5.97 Å². The molecule has 0 amide bonds. The number of esters is 1. The molecule has 100 valence electrons. The van der Waals surface area contributed by atoms with Gasteiger partial charge in [-0.2, -0.15) is 0 Å². The van der Waals surface area contributed by atoms with Crippen molar-refractivity contribution >= 4 is 11.8 Å². The van der Waals surface area contributed by atoms with Gasteiger partial charge in [0, 0.05) is 6.54 Å². The quantitative estimate of drug-likeness (QED) is 0.835. The maximum absolute atomic E-state index is 11.5. The number of hydrogen-bond acceptors (Lipinski definition) is 4. The highest BCUT2D eigenvalue weighted by Crippen LogP contribution is 2.39. The van der Waals surface area contributed by atoms with Crippen LogP contribution in [-0.4, -0.2) is 22.6 Å². The van der Waals surface area contributed by atoms with Gasteiger partial charge in [0.2, 0.25) is 0 Å². The Morgan fingerprint density at radius 2 is 2.11 bits per heavy atom. The second-order valence-corrected chi connectivity index (χ2v) is 5.49. The molecule has 0 bridgehead atoms. The van der Waals surface area contributed by atoms with Crippen LogP contribution in [0, 0.1) is 12.3 Å². The smallest absolute Gasteiger partial charge is 0.360 e. The van der Waals surface area contributed by atoms with E-state index in [-0.39, 0.29) is 11.1 Å². The highest BCUT2D eigenvalue weighted by molar-refractivity contribution is 5.92. The van der Waals surface area contributed by atoms with Crippen LogP contribution in [0.3, 0.4) is 0 Å². The van der Waals surface area contributed by atoms with Crippen LogP contribution in [0.25, 0.3) is 0 Å². The van der Waals surface area contributed by atoms with Crippen molar-refractivity contribution in [2.24, 2.45) is 5.41 Å². The Bertz CT molecular complexity index is 459. The first-order chi connectivity index (χ1) is 8.47. The number of methoxy groups -OCH3 is 1. The maximum Gasteiger partial charge on any atom is 0.360 e. The number of carbonyl (C=O) groups is 1. The molecule has 0 aliphatic heterocycles. The van der Waals surface area contributed by atoms with E-state index in [9.17, 15) is 4.79 Å². The maximum atomic E-state index is 11.5. The van der Waals surface area contributed by atoms with E-state index in [2.05, 4.69) is 16.6 Å². The lowest BCUT2D eigenvalue weighted by Crippen LogP contribution is -2.21. The Morgan fingerprint density at radius 1 is 1.50 bits per heavy atom. The Kier molecular flexibility index (Phi) is 3.32. The van der Waals surface area contributed by atoms with Crippen molar-refractivity contribution in [3.8, 4) is 0 Å². The molecular formula is C13H21N3O2. The van der Waals surface area contributed by atoms with Gasteiger partial charge in [-0.15, -0.1) is 0 Å². The van der Waals surface area contributed by atoms with Crippen LogP contribution in [0.1, 0.15) is 48.9 Å². The van der Waals surface area contributed by atoms with Gasteiger partial charge in [-0.3, -0.25) is 0 Å². The molecule has 1 aliphatic carbocycles. The molecule has 1 heterocycles. The Balaban J connectivity index is 2.28. The molecule has 0 radical (unpaired) electrons. The van der Waals surface area contributed by atoms with Crippen LogP contribution in [0.2, 0.25) is 0 Å². The van der Waals surface area contributed by atoms with Gasteiger partial charge in [-0.05, 0) is 25.2 Å². The van der Waals surface area contributed by atoms with Crippen LogP contribution in [-0.2, 0) is 11.3 Å². The van der Waals surface area contributed by atoms with E-state index < -0.39 is 5.97 Å². The lowest BCUT2D eigenvalue weighted by Gasteiger charge is -2.25. The predicted octanol–water partition coefficient (Wildman–Crippen LogP) is 2.14. The molecule has 1 saturated carbocycles. The first-order valence-corrected chi connectivity index (χ1v) is 6.38. The number of hydrogen-bond donors (Lipinski definition) is 1. The first kappa shape index (κ1) is 12.9. The molecule has 18 heavy (non-hydrogen) atoms. The summed E-state index contributed by atoms with van der Waals surface area (Å²) in [7, 11) is 1.34. The second kappa shape index (κ2) is 4.63. The zero-order valence-corrected chi connectivity index (χ0v) is 11.3. The number of imidazole rings is 1. The number of anilines is 1. The van der Waals surface area contributed by atoms with Crippen molar-refractivity contribution < 1.29 is 9.53 Å². The van der Waals surface area contributed by atoms with Gasteiger partial charge in [0.1, 0.15) is 11.6 Å². The number of nitrogens with two attached hydrogens (primary N) is 1. The van der Waals surface area contributed by atoms with Crippen LogP contribution in [0.4, 0.5) is 5.82 Å². The topological polar surface area (TPSA) is 70.1 Å². The van der Waals surface area contributed by atoms with Crippen LogP contribution in [0.15, 0.2) is 0 Å². The molecule has 0 unspecified atom stereocenters. The van der Waals surface area contributed by atoms with Gasteiger partial charge in [0.05, 0.1) is 7.11 Å². The molecule has 0 atom stereocenters. The van der Waals surface area contributed by atoms with Crippen molar-refractivity contribution in [2.45, 2.75) is 46.1 Å². The largest absolute Gasteiger partial charge is 0.464 e. The summed E-state index contributed by atoms with van der Waals surface area (Å²) >= 11 is 0. The highest BCUT2D eigenvalue weighted by Gasteiger charge is 2.31. The summed E-state index contributed by atoms with van der Waals surface area (Å²) in [5.41, 5.74) is 6.52. The number of aryl methyl sites for hydroxylation is 1. The zero-order valence-electron chi connectivity index (χ0n) is 11.3. The first-order valence-electron chi connectivity index (χ1n) is 6.38. The van der Waals surface area contributed by atoms with Crippen LogP contribution >= 0.6 is 0 Å². The van der Waals surface area contributed by atoms with E-state index in [1.165, 1.54) is 32.8 Å². The Hall–Kier alpha value is -1.52. The Labute approximate surface area is 107 Å². The molecule has 1 aliphatic rings. The minimum atomic E-state index is -0.467. The fourth-order valence-corrected chi connectivity index (χ4v) is 2.80. The van der Waals surface area contributed by atoms with Gasteiger partial charge in [-0.1, -0.05) is 19.8 Å². The number of rotatable bonds is 3. The number of aromatic nitrogens is 2. The predicted molar refractivity (Wildman–Crippen MR) is 69.3 cm³/mol. The average molecular weight is 251 g/mol. The summed E-state index contributed by atoms with van der Waals surface area (Å²) in [5.74, 6) is 0.736. The van der Waals surface area contributed by atoms with E-state index >= 15 is 0 Å². The lowest BCUT2D eigenvalue weighted by atomic mass is 9.89. The number of ether oxygens (including phenoxy) is 1. The molecule has 0 spiro atoms. The minimum Gasteiger partial charge on any atom is -0.464 e. The van der Waals surface area contributed by atoms with Crippen LogP contribution < -0.4 is 5.73 Å². The third-order valence-electron chi connectivity index (χ3n) is 3.93. The summed E-state index contributed by atoms with van der Waals surface area (Å²) in [6, 6.07) is 0. The molecule has 1 aromatic rings. The molecule has 1 aromatic heterocycles. The number of carbonyl (C=O) groups excluding carboxylic acids is 1. The number of nitrogens with zero attached hydrogens (tertiary/aromatic N) is 2. The molecule has 1 fully saturated rings. The molecule has 0 aromatic carbocycles. The SMILES string of the molecule is COC(=O)c1nc(C)n(CC2(C)CCCC2)c1N. The van der Waals surface area contributed by atoms with E-state index in [4.69, 9.17) is 5.73 Å². The van der Waals surface area contributed by atoms with E-state index in [1.54, 1.807) is 0 Å². The van der Waals surface area contributed by atoms with Gasteiger partial charge in [-0.25, -0.2) is 9.78 Å². The van der Waals surface area contributed by atoms with Crippen LogP contribution in [0.5, 0.6) is 0 Å². The van der Waals surface area contributed by atoms with E-state index in [0.717, 1.165) is 12.4 Å². The molecule has 2 rings (SSSR count). The summed E-state index contributed by atoms with van der Waals surface area (Å²) in [6.07, 6.45) is 4.96. The molecule has 5 heteroatoms. The van der Waals surface area contributed by atoms with Crippen molar-refractivity contribution in [1.82, 2.24) is 9.55 Å². The fourth-order valence-electron chi connectivity index (χ4n) is 2.80. The van der Waals surface area contributed by atoms with Crippen molar-refractivity contribution in [2.75, 3.05) is 12.8 Å². The monoisotopic (exact) mass is 251 g/mol. The zero-order chi connectivity index (χ0) is 13.3. The highest BCUT2D eigenvalue weighted by atomic mass is 16.5. The third-order valence-corrected chi connectivity index (χ3v) is 3.93. The van der Waals surface area contributed by atoms with Gasteiger partial charge < -0.3 is 15.0 Å². The van der Waals surface area contributed by atoms with Gasteiger partial charge in [0.15, 0.2) is 5.69 Å². The summed E-state index contributed by atoms with van der Waals surface area (Å²) in [5, 5.41) is 0. The third kappa shape index (κ3) is 2.21. The molecule has 0 saturated heterocycles. The van der Waals surface area contributed by atoms with E-state index in [1.807, 2.05) is 11.5 Å². The fraction of sp³-hybridized carbons (Fsp3) is 0.692. The number of nitrogen functional groups attached to an aromatic ring is 1. The minimum absolute atomic E-state index is 0.233. The van der Waals surface area contributed by atoms with Crippen molar-refractivity contribution in [3.05, 3.63) is 11.5 Å². The lowest BCUT2D eigenvalue weighted by molar-refractivity contribution is 0.0595. The van der Waals surface area contributed by atoms with Crippen molar-refractivity contribution in [3.63, 3.8) is 0 Å². The standard InChI is InChI=1S/C13H21N3O2/c1-9-15-10(12(17)18-3)11(14)16(9)8-13(2)6-4-5-7-13/h4-8,14H2,1-3H3. The summed E-state index contributed by atoms with van der Waals surface area (Å²) in [6.45, 7) is 4.98. The molecule has 5 nitrogen and oxygen atoms in total. The second-order valence-electron chi connectivity index (χ2n) is 5.49. The Morgan fingerprint density at radius 3 is 2.67 bits per heavy atom. The summed E-state index contributed by atoms with van der Waals surface area (Å²) < 4.78 is 6.63. The molecule has 2 N–H and O–H groups in total. The molecular weight excluding hydrogens is 230 g/mol. The summed E-state index contributed by atoms with van der Waals surface area (Å²) in [4.78, 5) is 15.8.